The van der Waals surface area contributed by atoms with Crippen molar-refractivity contribution >= 4 is 17.6 Å². The average Bonchev–Trinajstić information content (AvgIpc) is 3.07. The first-order valence-corrected chi connectivity index (χ1v) is 8.43. The van der Waals surface area contributed by atoms with Gasteiger partial charge in [0.25, 0.3) is 0 Å². The second-order valence-electron chi connectivity index (χ2n) is 5.75. The van der Waals surface area contributed by atoms with Gasteiger partial charge in [0.1, 0.15) is 16.9 Å². The van der Waals surface area contributed by atoms with Gasteiger partial charge in [-0.05, 0) is 12.0 Å². The van der Waals surface area contributed by atoms with Crippen LogP contribution >= 0.6 is 11.6 Å². The lowest BCUT2D eigenvalue weighted by Crippen LogP contribution is -2.40. The molecule has 1 saturated heterocycles. The van der Waals surface area contributed by atoms with Crippen LogP contribution in [0, 0.1) is 0 Å². The molecule has 5 nitrogen and oxygen atoms in total. The van der Waals surface area contributed by atoms with E-state index in [9.17, 15) is 4.79 Å². The van der Waals surface area contributed by atoms with E-state index in [2.05, 4.69) is 22.4 Å². The number of carbonyl (C=O) groups excluding carboxylic acids is 1. The molecule has 1 aliphatic rings. The monoisotopic (exact) mass is 345 g/mol. The predicted octanol–water partition coefficient (Wildman–Crippen LogP) is 3.14. The predicted molar refractivity (Wildman–Crippen MR) is 93.4 cm³/mol. The number of carbonyl (C=O) groups is 1. The molecule has 0 radical (unpaired) electrons. The summed E-state index contributed by atoms with van der Waals surface area (Å²) in [5.74, 6) is 0.614. The summed E-state index contributed by atoms with van der Waals surface area (Å²) in [6, 6.07) is 11.8. The summed E-state index contributed by atoms with van der Waals surface area (Å²) in [4.78, 5) is 17.9. The van der Waals surface area contributed by atoms with E-state index < -0.39 is 0 Å². The number of hydrogen-bond acceptors (Lipinski definition) is 3. The molecule has 1 fully saturated rings. The Morgan fingerprint density at radius 1 is 1.33 bits per heavy atom. The topological polar surface area (TPSA) is 54.5 Å². The van der Waals surface area contributed by atoms with E-state index in [0.29, 0.717) is 30.4 Å². The zero-order valence-electron chi connectivity index (χ0n) is 13.3. The largest absolute Gasteiger partial charge is 0.487 e. The highest BCUT2D eigenvalue weighted by atomic mass is 35.5. The third-order valence-electron chi connectivity index (χ3n) is 3.99. The minimum atomic E-state index is -0.0437. The van der Waals surface area contributed by atoms with E-state index in [-0.39, 0.29) is 12.1 Å². The van der Waals surface area contributed by atoms with E-state index >= 15 is 0 Å². The third-order valence-corrected chi connectivity index (χ3v) is 4.28. The number of nitrogens with one attached hydrogen (secondary N) is 1. The number of halogens is 1. The summed E-state index contributed by atoms with van der Waals surface area (Å²) in [6.45, 7) is 1.88. The van der Waals surface area contributed by atoms with E-state index in [1.165, 1.54) is 5.56 Å². The lowest BCUT2D eigenvalue weighted by Gasteiger charge is -2.18. The van der Waals surface area contributed by atoms with Crippen molar-refractivity contribution in [3.05, 3.63) is 59.4 Å². The highest BCUT2D eigenvalue weighted by Gasteiger charge is 2.27. The number of rotatable bonds is 5. The first-order valence-electron chi connectivity index (χ1n) is 8.05. The van der Waals surface area contributed by atoms with Gasteiger partial charge in [0.05, 0.1) is 6.54 Å². The highest BCUT2D eigenvalue weighted by Crippen LogP contribution is 2.25. The summed E-state index contributed by atoms with van der Waals surface area (Å²) in [5.41, 5.74) is 1.22. The molecule has 2 aromatic rings. The molecule has 0 saturated carbocycles. The van der Waals surface area contributed by atoms with Crippen molar-refractivity contribution in [2.45, 2.75) is 18.9 Å². The van der Waals surface area contributed by atoms with E-state index in [1.807, 2.05) is 18.2 Å². The molecule has 6 heteroatoms. The van der Waals surface area contributed by atoms with Crippen molar-refractivity contribution in [1.29, 1.82) is 0 Å². The Bertz CT molecular complexity index is 681. The molecule has 24 heavy (non-hydrogen) atoms. The lowest BCUT2D eigenvalue weighted by molar-refractivity contribution is 0.187. The van der Waals surface area contributed by atoms with Gasteiger partial charge >= 0.3 is 6.03 Å². The SMILES string of the molecule is O=C(NCCc1ccccc1)N1CC[C@@H](Oc2ccncc2Cl)C1. The summed E-state index contributed by atoms with van der Waals surface area (Å²) in [5, 5.41) is 3.45. The quantitative estimate of drug-likeness (QED) is 0.905. The Morgan fingerprint density at radius 2 is 2.17 bits per heavy atom. The van der Waals surface area contributed by atoms with E-state index in [1.54, 1.807) is 23.4 Å². The first kappa shape index (κ1) is 16.6. The number of aromatic nitrogens is 1. The number of amides is 2. The summed E-state index contributed by atoms with van der Waals surface area (Å²) in [6.07, 6.45) is 4.78. The number of benzene rings is 1. The van der Waals surface area contributed by atoms with Gasteiger partial charge in [-0.25, -0.2) is 4.79 Å². The van der Waals surface area contributed by atoms with Gasteiger partial charge in [-0.1, -0.05) is 41.9 Å². The Hall–Kier alpha value is -2.27. The smallest absolute Gasteiger partial charge is 0.317 e. The number of likely N-dealkylation sites (tertiary alicyclic amines) is 1. The zero-order valence-corrected chi connectivity index (χ0v) is 14.1. The van der Waals surface area contributed by atoms with Gasteiger partial charge in [-0.3, -0.25) is 4.98 Å². The normalized spacial score (nSPS) is 16.9. The van der Waals surface area contributed by atoms with Gasteiger partial charge in [0.15, 0.2) is 0 Å². The van der Waals surface area contributed by atoms with Crippen LogP contribution in [0.25, 0.3) is 0 Å². The van der Waals surface area contributed by atoms with Crippen molar-refractivity contribution in [2.75, 3.05) is 19.6 Å². The van der Waals surface area contributed by atoms with Crippen molar-refractivity contribution in [2.24, 2.45) is 0 Å². The number of nitrogens with zero attached hydrogens (tertiary/aromatic N) is 2. The lowest BCUT2D eigenvalue weighted by atomic mass is 10.1. The van der Waals surface area contributed by atoms with Crippen molar-refractivity contribution < 1.29 is 9.53 Å². The van der Waals surface area contributed by atoms with Crippen LogP contribution in [0.1, 0.15) is 12.0 Å². The van der Waals surface area contributed by atoms with Gasteiger partial charge in [-0.2, -0.15) is 0 Å². The van der Waals surface area contributed by atoms with E-state index in [4.69, 9.17) is 16.3 Å². The maximum Gasteiger partial charge on any atom is 0.317 e. The fourth-order valence-electron chi connectivity index (χ4n) is 2.72. The maximum absolute atomic E-state index is 12.2. The van der Waals surface area contributed by atoms with Crippen molar-refractivity contribution in [3.8, 4) is 5.75 Å². The standard InChI is InChI=1S/C18H20ClN3O2/c19-16-12-20-9-7-17(16)24-15-8-11-22(13-15)18(23)21-10-6-14-4-2-1-3-5-14/h1-5,7,9,12,15H,6,8,10-11,13H2,(H,21,23)/t15-/m1/s1. The molecule has 1 aromatic heterocycles. The molecule has 1 N–H and O–H groups in total. The first-order chi connectivity index (χ1) is 11.7. The molecule has 2 amide bonds. The maximum atomic E-state index is 12.2. The molecular weight excluding hydrogens is 326 g/mol. The molecule has 2 heterocycles. The molecule has 0 spiro atoms. The molecule has 1 atom stereocenters. The number of pyridine rings is 1. The average molecular weight is 346 g/mol. The third kappa shape index (κ3) is 4.38. The Labute approximate surface area is 146 Å². The van der Waals surface area contributed by atoms with Crippen LogP contribution in [0.15, 0.2) is 48.8 Å². The fourth-order valence-corrected chi connectivity index (χ4v) is 2.88. The molecule has 0 bridgehead atoms. The Kier molecular flexibility index (Phi) is 5.54. The minimum Gasteiger partial charge on any atom is -0.487 e. The Balaban J connectivity index is 1.43. The molecule has 126 valence electrons. The van der Waals surface area contributed by atoms with Crippen LogP contribution in [0.2, 0.25) is 5.02 Å². The molecule has 0 aliphatic carbocycles. The molecule has 1 aromatic carbocycles. The molecular formula is C18H20ClN3O2. The van der Waals surface area contributed by atoms with Crippen LogP contribution in [-0.4, -0.2) is 41.7 Å². The molecule has 3 rings (SSSR count). The highest BCUT2D eigenvalue weighted by molar-refractivity contribution is 6.31. The number of urea groups is 1. The molecule has 0 unspecified atom stereocenters. The second-order valence-corrected chi connectivity index (χ2v) is 6.16. The van der Waals surface area contributed by atoms with Gasteiger partial charge < -0.3 is 15.0 Å². The second kappa shape index (κ2) is 8.02. The molecule has 1 aliphatic heterocycles. The summed E-state index contributed by atoms with van der Waals surface area (Å²) < 4.78 is 5.87. The zero-order chi connectivity index (χ0) is 16.8. The van der Waals surface area contributed by atoms with Crippen LogP contribution in [0.4, 0.5) is 4.79 Å². The van der Waals surface area contributed by atoms with Crippen LogP contribution in [-0.2, 0) is 6.42 Å². The van der Waals surface area contributed by atoms with Crippen molar-refractivity contribution in [1.82, 2.24) is 15.2 Å². The summed E-state index contributed by atoms with van der Waals surface area (Å²) >= 11 is 6.05. The number of ether oxygens (including phenoxy) is 1. The van der Waals surface area contributed by atoms with Gasteiger partial charge in [0, 0.05) is 38.0 Å². The van der Waals surface area contributed by atoms with Crippen LogP contribution in [0.5, 0.6) is 5.75 Å². The number of hydrogen-bond donors (Lipinski definition) is 1. The minimum absolute atomic E-state index is 0.0372. The summed E-state index contributed by atoms with van der Waals surface area (Å²) in [7, 11) is 0. The van der Waals surface area contributed by atoms with Crippen molar-refractivity contribution in [3.63, 3.8) is 0 Å². The fraction of sp³-hybridized carbons (Fsp3) is 0.333. The van der Waals surface area contributed by atoms with Crippen LogP contribution in [0.3, 0.4) is 0 Å². The van der Waals surface area contributed by atoms with E-state index in [0.717, 1.165) is 12.8 Å². The van der Waals surface area contributed by atoms with Gasteiger partial charge in [0.2, 0.25) is 0 Å². The Morgan fingerprint density at radius 3 is 2.96 bits per heavy atom. The van der Waals surface area contributed by atoms with Gasteiger partial charge in [-0.15, -0.1) is 0 Å². The van der Waals surface area contributed by atoms with Crippen LogP contribution < -0.4 is 10.1 Å².